The average molecular weight is 366 g/mol. The number of benzene rings is 1. The molecule has 1 aromatic heterocycles. The summed E-state index contributed by atoms with van der Waals surface area (Å²) < 4.78 is 40.4. The van der Waals surface area contributed by atoms with Gasteiger partial charge >= 0.3 is 5.76 Å². The van der Waals surface area contributed by atoms with Crippen molar-refractivity contribution in [2.75, 3.05) is 13.2 Å². The van der Waals surface area contributed by atoms with Crippen molar-refractivity contribution >= 4 is 21.1 Å². The summed E-state index contributed by atoms with van der Waals surface area (Å²) in [6.45, 7) is 3.11. The molecule has 25 heavy (non-hydrogen) atoms. The Kier molecular flexibility index (Phi) is 4.21. The van der Waals surface area contributed by atoms with Gasteiger partial charge in [-0.2, -0.15) is 4.31 Å². The van der Waals surface area contributed by atoms with E-state index < -0.39 is 15.8 Å². The first-order valence-corrected chi connectivity index (χ1v) is 10.2. The topological polar surface area (TPSA) is 81.8 Å². The highest BCUT2D eigenvalue weighted by Crippen LogP contribution is 2.33. The fourth-order valence-corrected chi connectivity index (χ4v) is 5.68. The molecule has 0 N–H and O–H groups in total. The average Bonchev–Trinajstić information content (AvgIpc) is 2.95. The molecule has 0 amide bonds. The summed E-state index contributed by atoms with van der Waals surface area (Å²) in [5.74, 6) is -0.467. The first-order valence-electron chi connectivity index (χ1n) is 8.79. The second kappa shape index (κ2) is 6.26. The zero-order valence-corrected chi connectivity index (χ0v) is 15.0. The van der Waals surface area contributed by atoms with Crippen LogP contribution in [-0.2, 0) is 21.3 Å². The van der Waals surface area contributed by atoms with Crippen LogP contribution in [0.5, 0.6) is 0 Å². The van der Waals surface area contributed by atoms with Crippen molar-refractivity contribution in [2.45, 2.75) is 56.2 Å². The molecule has 8 heteroatoms. The third-order valence-corrected chi connectivity index (χ3v) is 7.16. The number of nitrogens with zero attached hydrogens (tertiary/aromatic N) is 2. The molecule has 1 saturated carbocycles. The quantitative estimate of drug-likeness (QED) is 0.829. The van der Waals surface area contributed by atoms with E-state index in [4.69, 9.17) is 9.15 Å². The van der Waals surface area contributed by atoms with Crippen LogP contribution in [0.1, 0.15) is 32.6 Å². The van der Waals surface area contributed by atoms with E-state index >= 15 is 0 Å². The number of hydrogen-bond donors (Lipinski definition) is 0. The van der Waals surface area contributed by atoms with Crippen LogP contribution in [0, 0.1) is 0 Å². The zero-order chi connectivity index (χ0) is 17.6. The van der Waals surface area contributed by atoms with Crippen molar-refractivity contribution in [3.63, 3.8) is 0 Å². The molecule has 2 heterocycles. The Morgan fingerprint density at radius 3 is 2.84 bits per heavy atom. The lowest BCUT2D eigenvalue weighted by Gasteiger charge is -2.42. The van der Waals surface area contributed by atoms with Crippen molar-refractivity contribution in [3.05, 3.63) is 28.7 Å². The van der Waals surface area contributed by atoms with Crippen LogP contribution in [0.3, 0.4) is 0 Å². The van der Waals surface area contributed by atoms with Gasteiger partial charge in [0.1, 0.15) is 0 Å². The maximum atomic E-state index is 13.2. The van der Waals surface area contributed by atoms with Gasteiger partial charge in [-0.25, -0.2) is 13.2 Å². The number of ether oxygens (including phenoxy) is 1. The highest BCUT2D eigenvalue weighted by Gasteiger charge is 2.41. The van der Waals surface area contributed by atoms with Crippen molar-refractivity contribution in [1.82, 2.24) is 8.87 Å². The normalized spacial score (nSPS) is 25.2. The molecule has 2 atom stereocenters. The van der Waals surface area contributed by atoms with Gasteiger partial charge in [-0.05, 0) is 31.9 Å². The third-order valence-electron chi connectivity index (χ3n) is 5.24. The summed E-state index contributed by atoms with van der Waals surface area (Å²) in [7, 11) is -3.65. The van der Waals surface area contributed by atoms with Crippen LogP contribution < -0.4 is 5.76 Å². The summed E-state index contributed by atoms with van der Waals surface area (Å²) in [6, 6.07) is 4.57. The van der Waals surface area contributed by atoms with E-state index in [0.29, 0.717) is 30.8 Å². The lowest BCUT2D eigenvalue weighted by Crippen LogP contribution is -2.54. The lowest BCUT2D eigenvalue weighted by atomic mass is 9.91. The molecule has 4 rings (SSSR count). The Morgan fingerprint density at radius 2 is 2.04 bits per heavy atom. The van der Waals surface area contributed by atoms with E-state index in [0.717, 1.165) is 25.7 Å². The number of oxazole rings is 1. The molecule has 2 unspecified atom stereocenters. The van der Waals surface area contributed by atoms with E-state index in [1.165, 1.54) is 10.6 Å². The Labute approximate surface area is 146 Å². The second-order valence-electron chi connectivity index (χ2n) is 6.62. The Balaban J connectivity index is 1.74. The molecule has 0 spiro atoms. The number of hydrogen-bond acceptors (Lipinski definition) is 5. The standard InChI is InChI=1S/C17H22N2O5S/c1-2-18-13-8-7-12(11-16(13)24-17(18)20)25(21,22)19-9-10-23-15-6-4-3-5-14(15)19/h7-8,11,14-15H,2-6,9-10H2,1H3. The molecule has 0 bridgehead atoms. The van der Waals surface area contributed by atoms with Crippen molar-refractivity contribution in [1.29, 1.82) is 0 Å². The van der Waals surface area contributed by atoms with Gasteiger partial charge in [0.05, 0.1) is 29.2 Å². The molecular formula is C17H22N2O5S. The van der Waals surface area contributed by atoms with Crippen LogP contribution in [0.4, 0.5) is 0 Å². The minimum Gasteiger partial charge on any atom is -0.408 e. The molecule has 0 radical (unpaired) electrons. The first kappa shape index (κ1) is 16.8. The number of aromatic nitrogens is 1. The zero-order valence-electron chi connectivity index (χ0n) is 14.2. The summed E-state index contributed by atoms with van der Waals surface area (Å²) in [4.78, 5) is 12.0. The summed E-state index contributed by atoms with van der Waals surface area (Å²) in [5.41, 5.74) is 0.922. The SMILES string of the molecule is CCn1c(=O)oc2cc(S(=O)(=O)N3CCOC4CCCCC43)ccc21. The fraction of sp³-hybridized carbons (Fsp3) is 0.588. The molecule has 2 aliphatic rings. The number of fused-ring (bicyclic) bond motifs is 2. The molecule has 2 fully saturated rings. The smallest absolute Gasteiger partial charge is 0.408 e. The Bertz CT molecular complexity index is 944. The van der Waals surface area contributed by atoms with Gasteiger partial charge in [0.25, 0.3) is 0 Å². The minimum absolute atomic E-state index is 0.0138. The van der Waals surface area contributed by atoms with Gasteiger partial charge in [0.15, 0.2) is 5.58 Å². The Hall–Kier alpha value is -1.64. The van der Waals surface area contributed by atoms with Crippen LogP contribution in [0.15, 0.2) is 32.3 Å². The number of aryl methyl sites for hydroxylation is 1. The molecule has 1 aliphatic heterocycles. The highest BCUT2D eigenvalue weighted by atomic mass is 32.2. The number of sulfonamides is 1. The predicted molar refractivity (Wildman–Crippen MR) is 92.0 cm³/mol. The number of rotatable bonds is 3. The summed E-state index contributed by atoms with van der Waals surface area (Å²) >= 11 is 0. The summed E-state index contributed by atoms with van der Waals surface area (Å²) in [6.07, 6.45) is 3.82. The van der Waals surface area contributed by atoms with Gasteiger partial charge in [-0.3, -0.25) is 4.57 Å². The first-order chi connectivity index (χ1) is 12.0. The van der Waals surface area contributed by atoms with Gasteiger partial charge < -0.3 is 9.15 Å². The van der Waals surface area contributed by atoms with Crippen molar-refractivity contribution in [3.8, 4) is 0 Å². The lowest BCUT2D eigenvalue weighted by molar-refractivity contribution is -0.0586. The van der Waals surface area contributed by atoms with Crippen molar-refractivity contribution < 1.29 is 17.6 Å². The van der Waals surface area contributed by atoms with Gasteiger partial charge in [0, 0.05) is 19.2 Å². The molecule has 136 valence electrons. The second-order valence-corrected chi connectivity index (χ2v) is 8.51. The van der Waals surface area contributed by atoms with E-state index in [1.807, 2.05) is 6.92 Å². The maximum Gasteiger partial charge on any atom is 0.419 e. The third kappa shape index (κ3) is 2.72. The summed E-state index contributed by atoms with van der Waals surface area (Å²) in [5, 5.41) is 0. The van der Waals surface area contributed by atoms with E-state index in [2.05, 4.69) is 0 Å². The van der Waals surface area contributed by atoms with Crippen LogP contribution >= 0.6 is 0 Å². The van der Waals surface area contributed by atoms with Gasteiger partial charge in [0.2, 0.25) is 10.0 Å². The molecule has 1 aromatic carbocycles. The highest BCUT2D eigenvalue weighted by molar-refractivity contribution is 7.89. The molecule has 2 aromatic rings. The van der Waals surface area contributed by atoms with Crippen LogP contribution in [0.25, 0.3) is 11.1 Å². The molecule has 1 saturated heterocycles. The van der Waals surface area contributed by atoms with Crippen LogP contribution in [-0.4, -0.2) is 42.6 Å². The van der Waals surface area contributed by atoms with E-state index in [9.17, 15) is 13.2 Å². The van der Waals surface area contributed by atoms with Crippen LogP contribution in [0.2, 0.25) is 0 Å². The monoisotopic (exact) mass is 366 g/mol. The van der Waals surface area contributed by atoms with E-state index in [1.54, 1.807) is 16.4 Å². The predicted octanol–water partition coefficient (Wildman–Crippen LogP) is 1.95. The fourth-order valence-electron chi connectivity index (χ4n) is 4.00. The van der Waals surface area contributed by atoms with Crippen molar-refractivity contribution in [2.24, 2.45) is 0 Å². The largest absolute Gasteiger partial charge is 0.419 e. The maximum absolute atomic E-state index is 13.2. The Morgan fingerprint density at radius 1 is 1.24 bits per heavy atom. The van der Waals surface area contributed by atoms with Gasteiger partial charge in [-0.15, -0.1) is 0 Å². The van der Waals surface area contributed by atoms with Gasteiger partial charge in [-0.1, -0.05) is 12.8 Å². The van der Waals surface area contributed by atoms with E-state index in [-0.39, 0.29) is 17.0 Å². The molecule has 7 nitrogen and oxygen atoms in total. The molecule has 1 aliphatic carbocycles. The molecular weight excluding hydrogens is 344 g/mol. The number of morpholine rings is 1. The minimum atomic E-state index is -3.65.